The minimum Gasteiger partial charge on any atom is -0.476 e. The Hall–Kier alpha value is -2.34. The molecule has 23 heavy (non-hydrogen) atoms. The van der Waals surface area contributed by atoms with Crippen molar-refractivity contribution in [3.05, 3.63) is 51.8 Å². The van der Waals surface area contributed by atoms with Gasteiger partial charge in [-0.1, -0.05) is 36.7 Å². The molecular weight excluding hydrogens is 318 g/mol. The van der Waals surface area contributed by atoms with Gasteiger partial charge >= 0.3 is 5.97 Å². The van der Waals surface area contributed by atoms with Crippen LogP contribution in [0.5, 0.6) is 0 Å². The van der Waals surface area contributed by atoms with Crippen LogP contribution in [0.2, 0.25) is 5.02 Å². The first-order valence-corrected chi connectivity index (χ1v) is 7.76. The highest BCUT2D eigenvalue weighted by Gasteiger charge is 2.32. The van der Waals surface area contributed by atoms with Crippen LogP contribution < -0.4 is 0 Å². The summed E-state index contributed by atoms with van der Waals surface area (Å²) >= 11 is 6.16. The normalized spacial score (nSPS) is 14.0. The van der Waals surface area contributed by atoms with Crippen molar-refractivity contribution in [2.75, 3.05) is 6.54 Å². The fourth-order valence-corrected chi connectivity index (χ4v) is 3.05. The average Bonchev–Trinajstić information content (AvgIpc) is 2.91. The minimum atomic E-state index is -1.10. The summed E-state index contributed by atoms with van der Waals surface area (Å²) in [7, 11) is 0. The van der Waals surface area contributed by atoms with E-state index in [2.05, 4.69) is 5.10 Å². The maximum Gasteiger partial charge on any atom is 0.356 e. The van der Waals surface area contributed by atoms with Gasteiger partial charge in [-0.25, -0.2) is 4.79 Å². The third kappa shape index (κ3) is 2.70. The number of amides is 1. The van der Waals surface area contributed by atoms with E-state index in [1.54, 1.807) is 11.0 Å². The Bertz CT molecular complexity index is 785. The van der Waals surface area contributed by atoms with Gasteiger partial charge in [0.25, 0.3) is 5.91 Å². The van der Waals surface area contributed by atoms with Gasteiger partial charge in [0.15, 0.2) is 5.69 Å². The quantitative estimate of drug-likeness (QED) is 0.932. The predicted octanol–water partition coefficient (Wildman–Crippen LogP) is 2.45. The number of aromatic nitrogens is 2. The number of carboxylic acids is 1. The average molecular weight is 334 g/mol. The van der Waals surface area contributed by atoms with Gasteiger partial charge in [-0.05, 0) is 18.1 Å². The third-order valence-electron chi connectivity index (χ3n) is 4.00. The van der Waals surface area contributed by atoms with Crippen molar-refractivity contribution in [3.8, 4) is 0 Å². The Balaban J connectivity index is 1.94. The van der Waals surface area contributed by atoms with E-state index >= 15 is 0 Å². The summed E-state index contributed by atoms with van der Waals surface area (Å²) in [5, 5.41) is 13.9. The zero-order chi connectivity index (χ0) is 16.6. The highest BCUT2D eigenvalue weighted by molar-refractivity contribution is 6.31. The molecule has 0 fully saturated rings. The molecule has 3 rings (SSSR count). The molecule has 0 atom stereocenters. The first-order valence-electron chi connectivity index (χ1n) is 7.38. The van der Waals surface area contributed by atoms with Gasteiger partial charge in [0.1, 0.15) is 5.69 Å². The molecule has 7 heteroatoms. The van der Waals surface area contributed by atoms with Crippen LogP contribution in [0, 0.1) is 0 Å². The Morgan fingerprint density at radius 2 is 2.09 bits per heavy atom. The van der Waals surface area contributed by atoms with Crippen molar-refractivity contribution in [1.82, 2.24) is 14.7 Å². The van der Waals surface area contributed by atoms with Crippen molar-refractivity contribution in [3.63, 3.8) is 0 Å². The summed E-state index contributed by atoms with van der Waals surface area (Å²) in [6.07, 6.45) is 0.447. The molecule has 6 nitrogen and oxygen atoms in total. The summed E-state index contributed by atoms with van der Waals surface area (Å²) < 4.78 is 1.51. The lowest BCUT2D eigenvalue weighted by atomic mass is 10.1. The smallest absolute Gasteiger partial charge is 0.356 e. The Morgan fingerprint density at radius 1 is 1.35 bits per heavy atom. The molecule has 1 aliphatic rings. The molecule has 0 saturated heterocycles. The van der Waals surface area contributed by atoms with Gasteiger partial charge < -0.3 is 10.0 Å². The van der Waals surface area contributed by atoms with Crippen molar-refractivity contribution in [1.29, 1.82) is 0 Å². The molecule has 1 N–H and O–H groups in total. The van der Waals surface area contributed by atoms with Crippen LogP contribution in [0.4, 0.5) is 0 Å². The van der Waals surface area contributed by atoms with Gasteiger partial charge in [0.05, 0.1) is 6.54 Å². The minimum absolute atomic E-state index is 0.0320. The van der Waals surface area contributed by atoms with Gasteiger partial charge in [-0.3, -0.25) is 9.48 Å². The summed E-state index contributed by atoms with van der Waals surface area (Å²) in [4.78, 5) is 25.8. The SMILES string of the molecule is CCc1c(C(=O)O)nn2c1C(=O)N(Cc1ccccc1Cl)CC2. The molecule has 2 heterocycles. The molecule has 1 aliphatic heterocycles. The van der Waals surface area contributed by atoms with Crippen LogP contribution in [0.25, 0.3) is 0 Å². The van der Waals surface area contributed by atoms with Crippen LogP contribution in [0.15, 0.2) is 24.3 Å². The van der Waals surface area contributed by atoms with Gasteiger partial charge in [0, 0.05) is 23.7 Å². The number of carboxylic acid groups (broad SMARTS) is 1. The Morgan fingerprint density at radius 3 is 2.74 bits per heavy atom. The van der Waals surface area contributed by atoms with Crippen LogP contribution in [0.1, 0.15) is 39.0 Å². The van der Waals surface area contributed by atoms with Crippen LogP contribution in [-0.4, -0.2) is 38.2 Å². The molecule has 1 amide bonds. The molecule has 0 aliphatic carbocycles. The second-order valence-corrected chi connectivity index (χ2v) is 5.78. The molecule has 0 bridgehead atoms. The number of fused-ring (bicyclic) bond motifs is 1. The van der Waals surface area contributed by atoms with E-state index in [9.17, 15) is 14.7 Å². The number of rotatable bonds is 4. The topological polar surface area (TPSA) is 75.4 Å². The summed E-state index contributed by atoms with van der Waals surface area (Å²) in [5.41, 5.74) is 1.71. The fraction of sp³-hybridized carbons (Fsp3) is 0.312. The van der Waals surface area contributed by atoms with E-state index in [0.29, 0.717) is 42.3 Å². The molecule has 120 valence electrons. The van der Waals surface area contributed by atoms with E-state index in [4.69, 9.17) is 11.6 Å². The summed E-state index contributed by atoms with van der Waals surface area (Å²) in [5.74, 6) is -1.30. The van der Waals surface area contributed by atoms with E-state index in [1.807, 2.05) is 25.1 Å². The van der Waals surface area contributed by atoms with Gasteiger partial charge in [-0.2, -0.15) is 5.10 Å². The number of hydrogen-bond donors (Lipinski definition) is 1. The van der Waals surface area contributed by atoms with E-state index in [-0.39, 0.29) is 11.6 Å². The molecule has 1 aromatic heterocycles. The number of carbonyl (C=O) groups excluding carboxylic acids is 1. The van der Waals surface area contributed by atoms with E-state index in [0.717, 1.165) is 5.56 Å². The second-order valence-electron chi connectivity index (χ2n) is 5.38. The Kier molecular flexibility index (Phi) is 4.09. The number of nitrogens with zero attached hydrogens (tertiary/aromatic N) is 3. The van der Waals surface area contributed by atoms with E-state index in [1.165, 1.54) is 4.68 Å². The van der Waals surface area contributed by atoms with Gasteiger partial charge in [-0.15, -0.1) is 0 Å². The first-order chi connectivity index (χ1) is 11.0. The van der Waals surface area contributed by atoms with Gasteiger partial charge in [0.2, 0.25) is 0 Å². The molecular formula is C16H16ClN3O3. The second kappa shape index (κ2) is 6.04. The fourth-order valence-electron chi connectivity index (χ4n) is 2.86. The highest BCUT2D eigenvalue weighted by Crippen LogP contribution is 2.24. The first kappa shape index (κ1) is 15.6. The zero-order valence-corrected chi connectivity index (χ0v) is 13.4. The molecule has 0 spiro atoms. The monoisotopic (exact) mass is 333 g/mol. The van der Waals surface area contributed by atoms with Crippen molar-refractivity contribution in [2.45, 2.75) is 26.4 Å². The van der Waals surface area contributed by atoms with Crippen LogP contribution in [0.3, 0.4) is 0 Å². The summed E-state index contributed by atoms with van der Waals surface area (Å²) in [6.45, 7) is 3.17. The molecule has 0 radical (unpaired) electrons. The molecule has 0 unspecified atom stereocenters. The van der Waals surface area contributed by atoms with Crippen molar-refractivity contribution in [2.24, 2.45) is 0 Å². The lowest BCUT2D eigenvalue weighted by Crippen LogP contribution is -2.40. The van der Waals surface area contributed by atoms with Crippen LogP contribution in [-0.2, 0) is 19.5 Å². The number of halogens is 1. The molecule has 1 aromatic carbocycles. The van der Waals surface area contributed by atoms with E-state index < -0.39 is 5.97 Å². The van der Waals surface area contributed by atoms with Crippen molar-refractivity contribution >= 4 is 23.5 Å². The molecule has 2 aromatic rings. The maximum absolute atomic E-state index is 12.8. The van der Waals surface area contributed by atoms with Crippen molar-refractivity contribution < 1.29 is 14.7 Å². The number of carbonyl (C=O) groups is 2. The zero-order valence-electron chi connectivity index (χ0n) is 12.6. The number of aromatic carboxylic acids is 1. The maximum atomic E-state index is 12.8. The predicted molar refractivity (Wildman–Crippen MR) is 84.8 cm³/mol. The largest absolute Gasteiger partial charge is 0.476 e. The highest BCUT2D eigenvalue weighted by atomic mass is 35.5. The van der Waals surface area contributed by atoms with Crippen LogP contribution >= 0.6 is 11.6 Å². The molecule has 0 saturated carbocycles. The third-order valence-corrected chi connectivity index (χ3v) is 4.37. The standard InChI is InChI=1S/C16H16ClN3O3/c1-2-11-13(16(22)23)18-20-8-7-19(15(21)14(11)20)9-10-5-3-4-6-12(10)17/h3-6H,2,7-9H2,1H3,(H,22,23). The lowest BCUT2D eigenvalue weighted by Gasteiger charge is -2.28. The number of hydrogen-bond acceptors (Lipinski definition) is 3. The summed E-state index contributed by atoms with van der Waals surface area (Å²) in [6, 6.07) is 7.38. The Labute approximate surface area is 138 Å². The number of benzene rings is 1. The lowest BCUT2D eigenvalue weighted by molar-refractivity contribution is 0.0670.